The average Bonchev–Trinajstić information content (AvgIpc) is 3.15. The van der Waals surface area contributed by atoms with Gasteiger partial charge in [-0.25, -0.2) is 0 Å². The molecule has 0 fully saturated rings. The Kier molecular flexibility index (Phi) is 3.77. The van der Waals surface area contributed by atoms with Crippen LogP contribution in [0.3, 0.4) is 0 Å². The lowest BCUT2D eigenvalue weighted by Gasteiger charge is -2.28. The van der Waals surface area contributed by atoms with Gasteiger partial charge in [-0.1, -0.05) is 35.9 Å². The van der Waals surface area contributed by atoms with Crippen LogP contribution >= 0.6 is 11.6 Å². The van der Waals surface area contributed by atoms with E-state index in [-0.39, 0.29) is 5.91 Å². The van der Waals surface area contributed by atoms with E-state index >= 15 is 0 Å². The summed E-state index contributed by atoms with van der Waals surface area (Å²) in [5.41, 5.74) is 1.72. The molecule has 0 bridgehead atoms. The Balaban J connectivity index is 1.65. The molecule has 1 heterocycles. The molecule has 2 atom stereocenters. The van der Waals surface area contributed by atoms with E-state index in [1.165, 1.54) is 0 Å². The van der Waals surface area contributed by atoms with Gasteiger partial charge in [0.2, 0.25) is 0 Å². The molecule has 2 aromatic carbocycles. The van der Waals surface area contributed by atoms with Gasteiger partial charge in [0, 0.05) is 15.9 Å². The highest BCUT2D eigenvalue weighted by Crippen LogP contribution is 2.39. The van der Waals surface area contributed by atoms with E-state index in [1.807, 2.05) is 24.3 Å². The number of hydrogen-bond donors (Lipinski definition) is 3. The van der Waals surface area contributed by atoms with Gasteiger partial charge in [0.05, 0.1) is 6.04 Å². The largest absolute Gasteiger partial charge is 0.481 e. The smallest absolute Gasteiger partial charge is 0.315 e. The zero-order chi connectivity index (χ0) is 18.5. The summed E-state index contributed by atoms with van der Waals surface area (Å²) in [5.74, 6) is -1.28. The summed E-state index contributed by atoms with van der Waals surface area (Å²) in [4.78, 5) is 27.8. The van der Waals surface area contributed by atoms with Crippen molar-refractivity contribution < 1.29 is 14.7 Å². The maximum Gasteiger partial charge on any atom is 0.315 e. The minimum atomic E-state index is -1.17. The van der Waals surface area contributed by atoms with Crippen LogP contribution in [-0.2, 0) is 16.6 Å². The van der Waals surface area contributed by atoms with E-state index < -0.39 is 17.4 Å². The SMILES string of the molecule is C[C@@]1(C(=O)O)c2ccccc2C[C@H]1NC(=O)c1cc2cc(Cl)ccc2[nH]1. The van der Waals surface area contributed by atoms with E-state index in [9.17, 15) is 14.7 Å². The van der Waals surface area contributed by atoms with Crippen LogP contribution in [0.1, 0.15) is 28.5 Å². The number of carbonyl (C=O) groups excluding carboxylic acids is 1. The molecule has 3 aromatic rings. The van der Waals surface area contributed by atoms with Gasteiger partial charge in [-0.2, -0.15) is 0 Å². The van der Waals surface area contributed by atoms with Crippen molar-refractivity contribution in [3.63, 3.8) is 0 Å². The fourth-order valence-electron chi connectivity index (χ4n) is 3.74. The van der Waals surface area contributed by atoms with Crippen LogP contribution in [0.5, 0.6) is 0 Å². The second kappa shape index (κ2) is 5.88. The predicted octanol–water partition coefficient (Wildman–Crippen LogP) is 3.52. The molecule has 1 aliphatic carbocycles. The van der Waals surface area contributed by atoms with Crippen LogP contribution in [0, 0.1) is 0 Å². The number of aliphatic carboxylic acids is 1. The number of carboxylic acids is 1. The van der Waals surface area contributed by atoms with Crippen molar-refractivity contribution in [2.24, 2.45) is 0 Å². The van der Waals surface area contributed by atoms with Gasteiger partial charge in [0.25, 0.3) is 5.91 Å². The molecule has 0 aliphatic heterocycles. The van der Waals surface area contributed by atoms with Crippen LogP contribution < -0.4 is 5.32 Å². The first-order valence-corrected chi connectivity index (χ1v) is 8.68. The Hall–Kier alpha value is -2.79. The van der Waals surface area contributed by atoms with Crippen LogP contribution in [0.25, 0.3) is 10.9 Å². The number of nitrogens with one attached hydrogen (secondary N) is 2. The number of H-pyrrole nitrogens is 1. The average molecular weight is 369 g/mol. The van der Waals surface area contributed by atoms with E-state index in [2.05, 4.69) is 10.3 Å². The predicted molar refractivity (Wildman–Crippen MR) is 99.7 cm³/mol. The number of halogens is 1. The minimum Gasteiger partial charge on any atom is -0.481 e. The van der Waals surface area contributed by atoms with Gasteiger partial charge in [-0.15, -0.1) is 0 Å². The highest BCUT2D eigenvalue weighted by Gasteiger charge is 2.49. The summed E-state index contributed by atoms with van der Waals surface area (Å²) in [7, 11) is 0. The van der Waals surface area contributed by atoms with Crippen molar-refractivity contribution in [2.75, 3.05) is 0 Å². The summed E-state index contributed by atoms with van der Waals surface area (Å²) in [6, 6.07) is 14.0. The second-order valence-corrected chi connectivity index (χ2v) is 7.25. The highest BCUT2D eigenvalue weighted by atomic mass is 35.5. The lowest BCUT2D eigenvalue weighted by Crippen LogP contribution is -2.51. The Morgan fingerprint density at radius 2 is 2.00 bits per heavy atom. The van der Waals surface area contributed by atoms with Crippen molar-refractivity contribution in [1.82, 2.24) is 10.3 Å². The molecule has 4 rings (SSSR count). The normalized spacial score (nSPS) is 21.5. The number of aromatic nitrogens is 1. The summed E-state index contributed by atoms with van der Waals surface area (Å²) < 4.78 is 0. The maximum absolute atomic E-state index is 12.7. The maximum atomic E-state index is 12.7. The molecule has 0 saturated carbocycles. The molecule has 1 aliphatic rings. The van der Waals surface area contributed by atoms with Gasteiger partial charge in [0.15, 0.2) is 0 Å². The van der Waals surface area contributed by atoms with Crippen molar-refractivity contribution in [3.05, 3.63) is 70.4 Å². The molecule has 26 heavy (non-hydrogen) atoms. The van der Waals surface area contributed by atoms with E-state index in [0.717, 1.165) is 22.0 Å². The summed E-state index contributed by atoms with van der Waals surface area (Å²) >= 11 is 5.99. The Morgan fingerprint density at radius 3 is 2.77 bits per heavy atom. The standard InChI is InChI=1S/C20H17ClN2O3/c1-20(19(25)26)14-5-3-2-4-11(14)10-17(20)23-18(24)16-9-12-8-13(21)6-7-15(12)22-16/h2-9,17,22H,10H2,1H3,(H,23,24)(H,25,26)/t17-,20-/m1/s1. The summed E-state index contributed by atoms with van der Waals surface area (Å²) in [5, 5.41) is 14.2. The molecule has 1 aromatic heterocycles. The topological polar surface area (TPSA) is 82.2 Å². The zero-order valence-electron chi connectivity index (χ0n) is 14.0. The van der Waals surface area contributed by atoms with E-state index in [1.54, 1.807) is 31.2 Å². The highest BCUT2D eigenvalue weighted by molar-refractivity contribution is 6.31. The van der Waals surface area contributed by atoms with Crippen LogP contribution in [0.15, 0.2) is 48.5 Å². The summed E-state index contributed by atoms with van der Waals surface area (Å²) in [6.07, 6.45) is 0.483. The molecular weight excluding hydrogens is 352 g/mol. The molecule has 132 valence electrons. The van der Waals surface area contributed by atoms with Gasteiger partial charge >= 0.3 is 5.97 Å². The Morgan fingerprint density at radius 1 is 1.23 bits per heavy atom. The molecule has 0 radical (unpaired) electrons. The monoisotopic (exact) mass is 368 g/mol. The number of rotatable bonds is 3. The molecular formula is C20H17ClN2O3. The van der Waals surface area contributed by atoms with Crippen LogP contribution in [0.2, 0.25) is 5.02 Å². The van der Waals surface area contributed by atoms with Crippen molar-refractivity contribution in [3.8, 4) is 0 Å². The second-order valence-electron chi connectivity index (χ2n) is 6.81. The quantitative estimate of drug-likeness (QED) is 0.661. The third kappa shape index (κ3) is 2.47. The van der Waals surface area contributed by atoms with Crippen molar-refractivity contribution in [2.45, 2.75) is 24.8 Å². The number of hydrogen-bond acceptors (Lipinski definition) is 2. The molecule has 0 saturated heterocycles. The van der Waals surface area contributed by atoms with Crippen LogP contribution in [-0.4, -0.2) is 28.0 Å². The number of carboxylic acid groups (broad SMARTS) is 1. The number of aromatic amines is 1. The number of benzene rings is 2. The van der Waals surface area contributed by atoms with Gasteiger partial charge in [-0.05, 0) is 48.7 Å². The van der Waals surface area contributed by atoms with Gasteiger partial charge in [0.1, 0.15) is 11.1 Å². The lowest BCUT2D eigenvalue weighted by atomic mass is 9.80. The summed E-state index contributed by atoms with van der Waals surface area (Å²) in [6.45, 7) is 1.66. The first-order valence-electron chi connectivity index (χ1n) is 8.30. The van der Waals surface area contributed by atoms with E-state index in [4.69, 9.17) is 11.6 Å². The molecule has 0 unspecified atom stereocenters. The number of fused-ring (bicyclic) bond motifs is 2. The lowest BCUT2D eigenvalue weighted by molar-refractivity contribution is -0.143. The Labute approximate surface area is 155 Å². The molecule has 3 N–H and O–H groups in total. The molecule has 5 nitrogen and oxygen atoms in total. The molecule has 6 heteroatoms. The first kappa shape index (κ1) is 16.7. The Bertz CT molecular complexity index is 1040. The molecule has 0 spiro atoms. The minimum absolute atomic E-state index is 0.331. The van der Waals surface area contributed by atoms with Crippen LogP contribution in [0.4, 0.5) is 0 Å². The van der Waals surface area contributed by atoms with Gasteiger partial charge < -0.3 is 15.4 Å². The van der Waals surface area contributed by atoms with Gasteiger partial charge in [-0.3, -0.25) is 9.59 Å². The zero-order valence-corrected chi connectivity index (χ0v) is 14.8. The first-order chi connectivity index (χ1) is 12.4. The fraction of sp³-hybridized carbons (Fsp3) is 0.200. The van der Waals surface area contributed by atoms with E-state index in [0.29, 0.717) is 17.1 Å². The number of carbonyl (C=O) groups is 2. The molecule has 1 amide bonds. The third-order valence-electron chi connectivity index (χ3n) is 5.27. The number of amides is 1. The van der Waals surface area contributed by atoms with Crippen molar-refractivity contribution >= 4 is 34.4 Å². The fourth-order valence-corrected chi connectivity index (χ4v) is 3.92. The third-order valence-corrected chi connectivity index (χ3v) is 5.51. The van der Waals surface area contributed by atoms with Crippen molar-refractivity contribution in [1.29, 1.82) is 0 Å².